The SMILES string of the molecule is COCC(=O)NCc1cncn1C. The highest BCUT2D eigenvalue weighted by molar-refractivity contribution is 5.77. The summed E-state index contributed by atoms with van der Waals surface area (Å²) in [7, 11) is 3.37. The molecule has 5 heteroatoms. The average molecular weight is 183 g/mol. The Morgan fingerprint density at radius 3 is 3.08 bits per heavy atom. The van der Waals surface area contributed by atoms with Gasteiger partial charge >= 0.3 is 0 Å². The van der Waals surface area contributed by atoms with Crippen molar-refractivity contribution >= 4 is 5.91 Å². The van der Waals surface area contributed by atoms with Crippen molar-refractivity contribution in [3.8, 4) is 0 Å². The van der Waals surface area contributed by atoms with Gasteiger partial charge < -0.3 is 14.6 Å². The molecule has 0 atom stereocenters. The quantitative estimate of drug-likeness (QED) is 0.696. The lowest BCUT2D eigenvalue weighted by atomic mass is 10.4. The van der Waals surface area contributed by atoms with Crippen molar-refractivity contribution in [3.05, 3.63) is 18.2 Å². The van der Waals surface area contributed by atoms with Crippen LogP contribution in [0.1, 0.15) is 5.69 Å². The summed E-state index contributed by atoms with van der Waals surface area (Å²) in [5.74, 6) is -0.122. The van der Waals surface area contributed by atoms with E-state index < -0.39 is 0 Å². The van der Waals surface area contributed by atoms with E-state index in [1.54, 1.807) is 12.5 Å². The molecule has 0 saturated carbocycles. The van der Waals surface area contributed by atoms with Crippen LogP contribution in [0.5, 0.6) is 0 Å². The topological polar surface area (TPSA) is 56.1 Å². The van der Waals surface area contributed by atoms with E-state index in [2.05, 4.69) is 15.0 Å². The Hall–Kier alpha value is -1.36. The minimum Gasteiger partial charge on any atom is -0.375 e. The molecular weight excluding hydrogens is 170 g/mol. The molecule has 1 rings (SSSR count). The number of amides is 1. The number of rotatable bonds is 4. The second kappa shape index (κ2) is 4.61. The summed E-state index contributed by atoms with van der Waals surface area (Å²) < 4.78 is 6.52. The van der Waals surface area contributed by atoms with Crippen LogP contribution in [0.4, 0.5) is 0 Å². The number of carbonyl (C=O) groups excluding carboxylic acids is 1. The second-order valence-electron chi connectivity index (χ2n) is 2.71. The van der Waals surface area contributed by atoms with Gasteiger partial charge in [0.05, 0.1) is 18.6 Å². The fourth-order valence-corrected chi connectivity index (χ4v) is 0.926. The van der Waals surface area contributed by atoms with Gasteiger partial charge in [0.1, 0.15) is 6.61 Å². The fraction of sp³-hybridized carbons (Fsp3) is 0.500. The Balaban J connectivity index is 2.35. The van der Waals surface area contributed by atoms with Crippen molar-refractivity contribution in [2.75, 3.05) is 13.7 Å². The molecule has 0 aliphatic rings. The molecule has 5 nitrogen and oxygen atoms in total. The van der Waals surface area contributed by atoms with Crippen LogP contribution in [0.3, 0.4) is 0 Å². The number of nitrogens with one attached hydrogen (secondary N) is 1. The molecular formula is C8H13N3O2. The van der Waals surface area contributed by atoms with Gasteiger partial charge in [-0.1, -0.05) is 0 Å². The first kappa shape index (κ1) is 9.73. The Bertz CT molecular complexity index is 283. The predicted molar refractivity (Wildman–Crippen MR) is 46.9 cm³/mol. The van der Waals surface area contributed by atoms with Crippen molar-refractivity contribution in [3.63, 3.8) is 0 Å². The minimum absolute atomic E-state index is 0.0951. The van der Waals surface area contributed by atoms with Gasteiger partial charge in [-0.2, -0.15) is 0 Å². The summed E-state index contributed by atoms with van der Waals surface area (Å²) in [6.07, 6.45) is 3.41. The predicted octanol–water partition coefficient (Wildman–Crippen LogP) is -0.317. The van der Waals surface area contributed by atoms with Crippen LogP contribution in [0.15, 0.2) is 12.5 Å². The number of ether oxygens (including phenoxy) is 1. The molecule has 0 aliphatic carbocycles. The number of aromatic nitrogens is 2. The van der Waals surface area contributed by atoms with Crippen LogP contribution < -0.4 is 5.32 Å². The van der Waals surface area contributed by atoms with E-state index >= 15 is 0 Å². The Labute approximate surface area is 76.7 Å². The van der Waals surface area contributed by atoms with Crippen LogP contribution in [-0.2, 0) is 23.1 Å². The summed E-state index contributed by atoms with van der Waals surface area (Å²) in [4.78, 5) is 14.9. The summed E-state index contributed by atoms with van der Waals surface area (Å²) >= 11 is 0. The molecule has 0 aliphatic heterocycles. The molecule has 1 aromatic rings. The molecule has 0 bridgehead atoms. The van der Waals surface area contributed by atoms with Crippen LogP contribution in [0.2, 0.25) is 0 Å². The number of aryl methyl sites for hydroxylation is 1. The first-order valence-electron chi connectivity index (χ1n) is 3.95. The van der Waals surface area contributed by atoms with Gasteiger partial charge in [-0.15, -0.1) is 0 Å². The van der Waals surface area contributed by atoms with Gasteiger partial charge in [0, 0.05) is 20.4 Å². The van der Waals surface area contributed by atoms with Crippen molar-refractivity contribution in [2.45, 2.75) is 6.54 Å². The lowest BCUT2D eigenvalue weighted by molar-refractivity contribution is -0.124. The van der Waals surface area contributed by atoms with Gasteiger partial charge in [0.25, 0.3) is 0 Å². The molecule has 0 aromatic carbocycles. The molecule has 0 unspecified atom stereocenters. The minimum atomic E-state index is -0.122. The number of methoxy groups -OCH3 is 1. The maximum atomic E-state index is 11.0. The van der Waals surface area contributed by atoms with E-state index in [0.29, 0.717) is 6.54 Å². The van der Waals surface area contributed by atoms with Crippen molar-refractivity contribution < 1.29 is 9.53 Å². The molecule has 13 heavy (non-hydrogen) atoms. The normalized spacial score (nSPS) is 10.0. The van der Waals surface area contributed by atoms with Gasteiger partial charge in [-0.3, -0.25) is 4.79 Å². The maximum absolute atomic E-state index is 11.0. The fourth-order valence-electron chi connectivity index (χ4n) is 0.926. The largest absolute Gasteiger partial charge is 0.375 e. The molecule has 0 radical (unpaired) electrons. The van der Waals surface area contributed by atoms with Gasteiger partial charge in [-0.05, 0) is 0 Å². The van der Waals surface area contributed by atoms with Crippen molar-refractivity contribution in [1.82, 2.24) is 14.9 Å². The van der Waals surface area contributed by atoms with E-state index in [9.17, 15) is 4.79 Å². The van der Waals surface area contributed by atoms with E-state index in [1.165, 1.54) is 7.11 Å². The van der Waals surface area contributed by atoms with E-state index in [0.717, 1.165) is 5.69 Å². The Kier molecular flexibility index (Phi) is 3.45. The summed E-state index contributed by atoms with van der Waals surface area (Å²) in [6.45, 7) is 0.580. The first-order valence-corrected chi connectivity index (χ1v) is 3.95. The third-order valence-electron chi connectivity index (χ3n) is 1.66. The molecule has 0 spiro atoms. The second-order valence-corrected chi connectivity index (χ2v) is 2.71. The molecule has 72 valence electrons. The average Bonchev–Trinajstić information content (AvgIpc) is 2.48. The Morgan fingerprint density at radius 1 is 1.77 bits per heavy atom. The van der Waals surface area contributed by atoms with Gasteiger partial charge in [-0.25, -0.2) is 4.98 Å². The van der Waals surface area contributed by atoms with E-state index in [-0.39, 0.29) is 12.5 Å². The monoisotopic (exact) mass is 183 g/mol. The highest BCUT2D eigenvalue weighted by Crippen LogP contribution is 1.94. The number of nitrogens with zero attached hydrogens (tertiary/aromatic N) is 2. The third-order valence-corrected chi connectivity index (χ3v) is 1.66. The number of hydrogen-bond donors (Lipinski definition) is 1. The molecule has 0 fully saturated rings. The highest BCUT2D eigenvalue weighted by Gasteiger charge is 2.01. The lowest BCUT2D eigenvalue weighted by Gasteiger charge is -2.04. The van der Waals surface area contributed by atoms with E-state index in [1.807, 2.05) is 11.6 Å². The van der Waals surface area contributed by atoms with Crippen LogP contribution >= 0.6 is 0 Å². The highest BCUT2D eigenvalue weighted by atomic mass is 16.5. The number of imidazole rings is 1. The molecule has 1 aromatic heterocycles. The van der Waals surface area contributed by atoms with Gasteiger partial charge in [0.2, 0.25) is 5.91 Å². The maximum Gasteiger partial charge on any atom is 0.246 e. The standard InChI is InChI=1S/C8H13N3O2/c1-11-6-9-3-7(11)4-10-8(12)5-13-2/h3,6H,4-5H2,1-2H3,(H,10,12). The van der Waals surface area contributed by atoms with E-state index in [4.69, 9.17) is 0 Å². The van der Waals surface area contributed by atoms with Crippen molar-refractivity contribution in [1.29, 1.82) is 0 Å². The lowest BCUT2D eigenvalue weighted by Crippen LogP contribution is -2.27. The zero-order valence-electron chi connectivity index (χ0n) is 7.78. The number of carbonyl (C=O) groups is 1. The zero-order valence-corrected chi connectivity index (χ0v) is 7.78. The van der Waals surface area contributed by atoms with Gasteiger partial charge in [0.15, 0.2) is 0 Å². The Morgan fingerprint density at radius 2 is 2.54 bits per heavy atom. The molecule has 1 N–H and O–H groups in total. The number of hydrogen-bond acceptors (Lipinski definition) is 3. The summed E-state index contributed by atoms with van der Waals surface area (Å²) in [5.41, 5.74) is 0.962. The van der Waals surface area contributed by atoms with Crippen LogP contribution in [0.25, 0.3) is 0 Å². The van der Waals surface area contributed by atoms with Crippen molar-refractivity contribution in [2.24, 2.45) is 7.05 Å². The zero-order chi connectivity index (χ0) is 9.68. The smallest absolute Gasteiger partial charge is 0.246 e. The summed E-state index contributed by atoms with van der Waals surface area (Å²) in [6, 6.07) is 0. The molecule has 0 saturated heterocycles. The molecule has 1 amide bonds. The van der Waals surface area contributed by atoms with Crippen LogP contribution in [0, 0.1) is 0 Å². The summed E-state index contributed by atoms with van der Waals surface area (Å²) in [5, 5.41) is 2.70. The first-order chi connectivity index (χ1) is 6.24. The van der Waals surface area contributed by atoms with Crippen LogP contribution in [-0.4, -0.2) is 29.2 Å². The molecule has 1 heterocycles. The third kappa shape index (κ3) is 2.87.